The number of nitrogens with zero attached hydrogens (tertiary/aromatic N) is 2. The van der Waals surface area contributed by atoms with E-state index in [-0.39, 0.29) is 11.6 Å². The molecule has 0 aromatic carbocycles. The summed E-state index contributed by atoms with van der Waals surface area (Å²) in [5.41, 5.74) is 5.75. The highest BCUT2D eigenvalue weighted by molar-refractivity contribution is 5.97. The summed E-state index contributed by atoms with van der Waals surface area (Å²) in [5.74, 6) is 0.507. The number of anilines is 2. The van der Waals surface area contributed by atoms with E-state index in [0.717, 1.165) is 32.3 Å². The van der Waals surface area contributed by atoms with E-state index in [1.807, 2.05) is 0 Å². The van der Waals surface area contributed by atoms with Crippen molar-refractivity contribution in [1.82, 2.24) is 9.97 Å². The molecule has 0 radical (unpaired) electrons. The molecule has 1 unspecified atom stereocenters. The minimum absolute atomic E-state index is 0.0101. The molecular weight excluding hydrogens is 282 g/mol. The summed E-state index contributed by atoms with van der Waals surface area (Å²) >= 11 is 0. The maximum Gasteiger partial charge on any atom is 0.254 e. The fourth-order valence-corrected chi connectivity index (χ4v) is 2.88. The predicted octanol–water partition coefficient (Wildman–Crippen LogP) is 1.52. The summed E-state index contributed by atoms with van der Waals surface area (Å²) < 4.78 is 5.45. The summed E-state index contributed by atoms with van der Waals surface area (Å²) in [6.45, 7) is 3.59. The molecule has 22 heavy (non-hydrogen) atoms. The molecule has 1 amide bonds. The standard InChI is InChI=1S/C15H23N5O2/c1-15(5-3-6-15)20-13-11(12(16)21)8-17-14(19-13)18-10-4-2-7-22-9-10/h8,10H,2-7,9H2,1H3,(H2,16,21)(H2,17,18,19,20). The van der Waals surface area contributed by atoms with Crippen LogP contribution < -0.4 is 16.4 Å². The van der Waals surface area contributed by atoms with Crippen LogP contribution in [-0.2, 0) is 4.74 Å². The quantitative estimate of drug-likeness (QED) is 0.762. The monoisotopic (exact) mass is 305 g/mol. The van der Waals surface area contributed by atoms with Crippen molar-refractivity contribution >= 4 is 17.7 Å². The molecular formula is C15H23N5O2. The van der Waals surface area contributed by atoms with Gasteiger partial charge in [0.15, 0.2) is 0 Å². The van der Waals surface area contributed by atoms with E-state index in [9.17, 15) is 4.79 Å². The van der Waals surface area contributed by atoms with Gasteiger partial charge in [0, 0.05) is 18.3 Å². The maximum atomic E-state index is 11.6. The highest BCUT2D eigenvalue weighted by Gasteiger charge is 2.33. The van der Waals surface area contributed by atoms with Crippen molar-refractivity contribution < 1.29 is 9.53 Å². The van der Waals surface area contributed by atoms with Gasteiger partial charge in [0.25, 0.3) is 5.91 Å². The topological polar surface area (TPSA) is 102 Å². The number of hydrogen-bond acceptors (Lipinski definition) is 6. The lowest BCUT2D eigenvalue weighted by Crippen LogP contribution is -2.42. The zero-order valence-corrected chi connectivity index (χ0v) is 12.9. The van der Waals surface area contributed by atoms with Gasteiger partial charge in [0.2, 0.25) is 5.95 Å². The second-order valence-electron chi connectivity index (χ2n) is 6.42. The van der Waals surface area contributed by atoms with Crippen molar-refractivity contribution in [1.29, 1.82) is 0 Å². The first kappa shape index (κ1) is 15.0. The first-order valence-electron chi connectivity index (χ1n) is 7.85. The molecule has 1 atom stereocenters. The Labute approximate surface area is 130 Å². The normalized spacial score (nSPS) is 23.4. The fraction of sp³-hybridized carbons (Fsp3) is 0.667. The van der Waals surface area contributed by atoms with Crippen molar-refractivity contribution in [3.05, 3.63) is 11.8 Å². The molecule has 0 bridgehead atoms. The van der Waals surface area contributed by atoms with Gasteiger partial charge < -0.3 is 21.1 Å². The van der Waals surface area contributed by atoms with Gasteiger partial charge in [0.1, 0.15) is 5.82 Å². The van der Waals surface area contributed by atoms with Crippen molar-refractivity contribution in [3.63, 3.8) is 0 Å². The van der Waals surface area contributed by atoms with Gasteiger partial charge in [-0.15, -0.1) is 0 Å². The third-order valence-electron chi connectivity index (χ3n) is 4.43. The number of rotatable bonds is 5. The van der Waals surface area contributed by atoms with Crippen LogP contribution in [0.1, 0.15) is 49.4 Å². The van der Waals surface area contributed by atoms with E-state index in [1.54, 1.807) is 0 Å². The van der Waals surface area contributed by atoms with E-state index in [4.69, 9.17) is 10.5 Å². The lowest BCUT2D eigenvalue weighted by Gasteiger charge is -2.40. The molecule has 7 nitrogen and oxygen atoms in total. The van der Waals surface area contributed by atoms with E-state index in [0.29, 0.717) is 23.9 Å². The largest absolute Gasteiger partial charge is 0.379 e. The summed E-state index contributed by atoms with van der Waals surface area (Å²) in [6.07, 6.45) is 6.86. The van der Waals surface area contributed by atoms with Gasteiger partial charge in [-0.3, -0.25) is 4.79 Å². The Bertz CT molecular complexity index is 553. The molecule has 1 saturated carbocycles. The molecule has 7 heteroatoms. The number of aromatic nitrogens is 2. The van der Waals surface area contributed by atoms with Crippen LogP contribution in [-0.4, -0.2) is 40.7 Å². The molecule has 0 spiro atoms. The highest BCUT2D eigenvalue weighted by atomic mass is 16.5. The number of primary amides is 1. The number of ether oxygens (including phenoxy) is 1. The Morgan fingerprint density at radius 2 is 2.27 bits per heavy atom. The molecule has 1 aliphatic carbocycles. The molecule has 2 heterocycles. The molecule has 2 aliphatic rings. The molecule has 1 aromatic rings. The van der Waals surface area contributed by atoms with Gasteiger partial charge in [-0.1, -0.05) is 0 Å². The zero-order valence-electron chi connectivity index (χ0n) is 12.9. The summed E-state index contributed by atoms with van der Waals surface area (Å²) in [6, 6.07) is 0.209. The third-order valence-corrected chi connectivity index (χ3v) is 4.43. The van der Waals surface area contributed by atoms with Crippen LogP contribution in [0.5, 0.6) is 0 Å². The van der Waals surface area contributed by atoms with Crippen LogP contribution in [0.15, 0.2) is 6.20 Å². The maximum absolute atomic E-state index is 11.6. The number of nitrogens with one attached hydrogen (secondary N) is 2. The van der Waals surface area contributed by atoms with Gasteiger partial charge in [-0.2, -0.15) is 4.98 Å². The van der Waals surface area contributed by atoms with Crippen LogP contribution >= 0.6 is 0 Å². The molecule has 1 aliphatic heterocycles. The van der Waals surface area contributed by atoms with Gasteiger partial charge in [-0.25, -0.2) is 4.98 Å². The average molecular weight is 305 g/mol. The third kappa shape index (κ3) is 3.30. The van der Waals surface area contributed by atoms with Crippen molar-refractivity contribution in [2.45, 2.75) is 50.6 Å². The van der Waals surface area contributed by atoms with Gasteiger partial charge in [0.05, 0.1) is 18.2 Å². The molecule has 1 aromatic heterocycles. The molecule has 2 fully saturated rings. The highest BCUT2D eigenvalue weighted by Crippen LogP contribution is 2.35. The number of hydrogen-bond donors (Lipinski definition) is 3. The lowest BCUT2D eigenvalue weighted by molar-refractivity contribution is 0.0874. The Morgan fingerprint density at radius 1 is 1.45 bits per heavy atom. The summed E-state index contributed by atoms with van der Waals surface area (Å²) in [5, 5.41) is 6.63. The predicted molar refractivity (Wildman–Crippen MR) is 83.9 cm³/mol. The average Bonchev–Trinajstić information content (AvgIpc) is 2.46. The molecule has 3 rings (SSSR count). The Morgan fingerprint density at radius 3 is 2.86 bits per heavy atom. The first-order chi connectivity index (χ1) is 10.6. The first-order valence-corrected chi connectivity index (χ1v) is 7.85. The van der Waals surface area contributed by atoms with Crippen LogP contribution in [0.3, 0.4) is 0 Å². The molecule has 4 N–H and O–H groups in total. The van der Waals surface area contributed by atoms with Crippen LogP contribution in [0.25, 0.3) is 0 Å². The van der Waals surface area contributed by atoms with Gasteiger partial charge in [-0.05, 0) is 39.0 Å². The van der Waals surface area contributed by atoms with E-state index in [1.165, 1.54) is 12.6 Å². The second kappa shape index (κ2) is 6.08. The van der Waals surface area contributed by atoms with E-state index < -0.39 is 5.91 Å². The number of carbonyl (C=O) groups is 1. The Kier molecular flexibility index (Phi) is 4.15. The molecule has 120 valence electrons. The Hall–Kier alpha value is -1.89. The number of carbonyl (C=O) groups excluding carboxylic acids is 1. The number of amides is 1. The van der Waals surface area contributed by atoms with Crippen LogP contribution in [0.4, 0.5) is 11.8 Å². The van der Waals surface area contributed by atoms with Gasteiger partial charge >= 0.3 is 0 Å². The molecule has 1 saturated heterocycles. The van der Waals surface area contributed by atoms with Crippen molar-refractivity contribution in [2.75, 3.05) is 23.8 Å². The van der Waals surface area contributed by atoms with E-state index in [2.05, 4.69) is 27.5 Å². The summed E-state index contributed by atoms with van der Waals surface area (Å²) in [4.78, 5) is 20.3. The van der Waals surface area contributed by atoms with Crippen molar-refractivity contribution in [2.24, 2.45) is 5.73 Å². The number of nitrogens with two attached hydrogens (primary N) is 1. The second-order valence-corrected chi connectivity index (χ2v) is 6.42. The Balaban J connectivity index is 1.78. The fourth-order valence-electron chi connectivity index (χ4n) is 2.88. The minimum atomic E-state index is -0.516. The SMILES string of the molecule is CC1(Nc2nc(NC3CCCOC3)ncc2C(N)=O)CCC1. The zero-order chi connectivity index (χ0) is 15.6. The lowest BCUT2D eigenvalue weighted by atomic mass is 9.78. The van der Waals surface area contributed by atoms with Crippen LogP contribution in [0.2, 0.25) is 0 Å². The van der Waals surface area contributed by atoms with Crippen LogP contribution in [0, 0.1) is 0 Å². The smallest absolute Gasteiger partial charge is 0.254 e. The van der Waals surface area contributed by atoms with Crippen molar-refractivity contribution in [3.8, 4) is 0 Å². The summed E-state index contributed by atoms with van der Waals surface area (Å²) in [7, 11) is 0. The van der Waals surface area contributed by atoms with E-state index >= 15 is 0 Å². The minimum Gasteiger partial charge on any atom is -0.379 e.